The molecule has 32 heavy (non-hydrogen) atoms. The van der Waals surface area contributed by atoms with Crippen molar-refractivity contribution in [3.05, 3.63) is 47.5 Å². The molecule has 1 fully saturated rings. The number of anilines is 1. The Morgan fingerprint density at radius 1 is 1.16 bits per heavy atom. The molecule has 0 amide bonds. The number of ether oxygens (including phenoxy) is 3. The summed E-state index contributed by atoms with van der Waals surface area (Å²) in [6.45, 7) is 6.37. The summed E-state index contributed by atoms with van der Waals surface area (Å²) in [4.78, 5) is 7.18. The smallest absolute Gasteiger partial charge is 0.191 e. The van der Waals surface area contributed by atoms with Crippen LogP contribution in [0.5, 0.6) is 17.2 Å². The Morgan fingerprint density at radius 2 is 1.97 bits per heavy atom. The van der Waals surface area contributed by atoms with E-state index in [-0.39, 0.29) is 0 Å². The number of nitrogens with one attached hydrogen (secondary N) is 2. The average Bonchev–Trinajstić information content (AvgIpc) is 3.48. The Bertz CT molecular complexity index is 925. The topological polar surface area (TPSA) is 67.4 Å². The van der Waals surface area contributed by atoms with Gasteiger partial charge in [-0.25, -0.2) is 0 Å². The van der Waals surface area contributed by atoms with Crippen molar-refractivity contribution < 1.29 is 14.2 Å². The standard InChI is InChI=1S/C25H34N4O3/c1-4-26-25(27-10-7-18-5-6-24-19(13-18)9-12-32-24)28-20-8-11-29(17-20)21-14-22(30-2)16-23(15-21)31-3/h5-6,13-16,20H,4,7-12,17H2,1-3H3,(H2,26,27,28). The maximum atomic E-state index is 5.60. The Hall–Kier alpha value is -3.09. The number of benzene rings is 2. The molecule has 0 radical (unpaired) electrons. The van der Waals surface area contributed by atoms with E-state index < -0.39 is 0 Å². The molecule has 4 rings (SSSR count). The SMILES string of the molecule is CCNC(=NCCc1ccc2c(c1)CCO2)NC1CCN(c2cc(OC)cc(OC)c2)C1. The van der Waals surface area contributed by atoms with Crippen molar-refractivity contribution in [3.63, 3.8) is 0 Å². The van der Waals surface area contributed by atoms with Crippen molar-refractivity contribution in [2.24, 2.45) is 4.99 Å². The van der Waals surface area contributed by atoms with E-state index in [0.717, 1.165) is 80.9 Å². The van der Waals surface area contributed by atoms with Crippen molar-refractivity contribution >= 4 is 11.6 Å². The second kappa shape index (κ2) is 10.5. The van der Waals surface area contributed by atoms with Crippen LogP contribution in [0.3, 0.4) is 0 Å². The molecule has 2 N–H and O–H groups in total. The van der Waals surface area contributed by atoms with Gasteiger partial charge in [0.1, 0.15) is 17.2 Å². The van der Waals surface area contributed by atoms with Gasteiger partial charge in [0.25, 0.3) is 0 Å². The van der Waals surface area contributed by atoms with Crippen LogP contribution in [0.25, 0.3) is 0 Å². The third-order valence-electron chi connectivity index (χ3n) is 6.00. The van der Waals surface area contributed by atoms with Gasteiger partial charge in [-0.15, -0.1) is 0 Å². The summed E-state index contributed by atoms with van der Waals surface area (Å²) in [5.74, 6) is 3.53. The molecule has 2 aliphatic heterocycles. The molecule has 0 aromatic heterocycles. The minimum atomic E-state index is 0.335. The monoisotopic (exact) mass is 438 g/mol. The quantitative estimate of drug-likeness (QED) is 0.488. The lowest BCUT2D eigenvalue weighted by Crippen LogP contribution is -2.44. The lowest BCUT2D eigenvalue weighted by Gasteiger charge is -2.21. The van der Waals surface area contributed by atoms with Gasteiger partial charge < -0.3 is 29.7 Å². The van der Waals surface area contributed by atoms with Crippen LogP contribution in [0.15, 0.2) is 41.4 Å². The van der Waals surface area contributed by atoms with Crippen LogP contribution < -0.4 is 29.7 Å². The zero-order valence-corrected chi connectivity index (χ0v) is 19.3. The highest BCUT2D eigenvalue weighted by atomic mass is 16.5. The van der Waals surface area contributed by atoms with Crippen LogP contribution >= 0.6 is 0 Å². The van der Waals surface area contributed by atoms with E-state index in [0.29, 0.717) is 6.04 Å². The maximum absolute atomic E-state index is 5.60. The molecule has 2 aromatic rings. The van der Waals surface area contributed by atoms with E-state index in [9.17, 15) is 0 Å². The molecule has 2 aliphatic rings. The third kappa shape index (κ3) is 5.39. The highest BCUT2D eigenvalue weighted by molar-refractivity contribution is 5.80. The molecular weight excluding hydrogens is 404 g/mol. The minimum absolute atomic E-state index is 0.335. The van der Waals surface area contributed by atoms with E-state index in [1.54, 1.807) is 14.2 Å². The lowest BCUT2D eigenvalue weighted by molar-refractivity contribution is 0.357. The highest BCUT2D eigenvalue weighted by Gasteiger charge is 2.24. The Morgan fingerprint density at radius 3 is 2.72 bits per heavy atom. The van der Waals surface area contributed by atoms with Crippen LogP contribution in [-0.2, 0) is 12.8 Å². The van der Waals surface area contributed by atoms with Crippen LogP contribution in [-0.4, -0.2) is 59.0 Å². The van der Waals surface area contributed by atoms with E-state index >= 15 is 0 Å². The van der Waals surface area contributed by atoms with Crippen LogP contribution in [0, 0.1) is 0 Å². The fourth-order valence-corrected chi connectivity index (χ4v) is 4.29. The van der Waals surface area contributed by atoms with Gasteiger partial charge in [-0.05, 0) is 37.0 Å². The molecule has 0 aliphatic carbocycles. The van der Waals surface area contributed by atoms with Crippen molar-refractivity contribution in [2.45, 2.75) is 32.2 Å². The number of aliphatic imine (C=N–C) groups is 1. The summed E-state index contributed by atoms with van der Waals surface area (Å²) in [6, 6.07) is 12.9. The van der Waals surface area contributed by atoms with E-state index in [1.165, 1.54) is 11.1 Å². The van der Waals surface area contributed by atoms with Gasteiger partial charge >= 0.3 is 0 Å². The van der Waals surface area contributed by atoms with Gasteiger partial charge in [0.05, 0.1) is 20.8 Å². The van der Waals surface area contributed by atoms with Gasteiger partial charge in [-0.3, -0.25) is 4.99 Å². The van der Waals surface area contributed by atoms with E-state index in [2.05, 4.69) is 52.8 Å². The van der Waals surface area contributed by atoms with Crippen molar-refractivity contribution in [3.8, 4) is 17.2 Å². The third-order valence-corrected chi connectivity index (χ3v) is 6.00. The van der Waals surface area contributed by atoms with Crippen molar-refractivity contribution in [1.82, 2.24) is 10.6 Å². The van der Waals surface area contributed by atoms with Gasteiger partial charge in [-0.2, -0.15) is 0 Å². The molecule has 1 atom stereocenters. The number of rotatable bonds is 8. The number of hydrogen-bond donors (Lipinski definition) is 2. The number of methoxy groups -OCH3 is 2. The van der Waals surface area contributed by atoms with Gasteiger partial charge in [0.15, 0.2) is 5.96 Å². The molecule has 0 saturated carbocycles. The number of hydrogen-bond acceptors (Lipinski definition) is 5. The zero-order valence-electron chi connectivity index (χ0n) is 19.3. The van der Waals surface area contributed by atoms with Crippen LogP contribution in [0.1, 0.15) is 24.5 Å². The predicted octanol–water partition coefficient (Wildman–Crippen LogP) is 3.02. The fourth-order valence-electron chi connectivity index (χ4n) is 4.29. The first-order valence-corrected chi connectivity index (χ1v) is 11.5. The molecule has 2 heterocycles. The minimum Gasteiger partial charge on any atom is -0.497 e. The summed E-state index contributed by atoms with van der Waals surface area (Å²) >= 11 is 0. The van der Waals surface area contributed by atoms with Crippen molar-refractivity contribution in [1.29, 1.82) is 0 Å². The zero-order chi connectivity index (χ0) is 22.3. The molecule has 0 bridgehead atoms. The normalized spacial score (nSPS) is 17.7. The molecule has 7 nitrogen and oxygen atoms in total. The molecular formula is C25H34N4O3. The molecule has 172 valence electrons. The van der Waals surface area contributed by atoms with E-state index in [4.69, 9.17) is 19.2 Å². The first kappa shape index (κ1) is 22.1. The molecule has 2 aromatic carbocycles. The number of nitrogens with zero attached hydrogens (tertiary/aromatic N) is 2. The maximum Gasteiger partial charge on any atom is 0.191 e. The van der Waals surface area contributed by atoms with Crippen LogP contribution in [0.2, 0.25) is 0 Å². The van der Waals surface area contributed by atoms with Gasteiger partial charge in [0, 0.05) is 62.5 Å². The first-order chi connectivity index (χ1) is 15.7. The summed E-state index contributed by atoms with van der Waals surface area (Å²) in [6.07, 6.45) is 2.98. The molecule has 7 heteroatoms. The van der Waals surface area contributed by atoms with Gasteiger partial charge in [0.2, 0.25) is 0 Å². The Labute approximate surface area is 190 Å². The summed E-state index contributed by atoms with van der Waals surface area (Å²) < 4.78 is 16.5. The number of guanidine groups is 1. The Balaban J connectivity index is 1.34. The molecule has 1 unspecified atom stereocenters. The highest BCUT2D eigenvalue weighted by Crippen LogP contribution is 2.30. The predicted molar refractivity (Wildman–Crippen MR) is 129 cm³/mol. The Kier molecular flexibility index (Phi) is 7.24. The summed E-state index contributed by atoms with van der Waals surface area (Å²) in [5.41, 5.74) is 3.75. The second-order valence-corrected chi connectivity index (χ2v) is 8.20. The summed E-state index contributed by atoms with van der Waals surface area (Å²) in [7, 11) is 3.37. The van der Waals surface area contributed by atoms with Gasteiger partial charge in [-0.1, -0.05) is 12.1 Å². The number of fused-ring (bicyclic) bond motifs is 1. The van der Waals surface area contributed by atoms with Crippen LogP contribution in [0.4, 0.5) is 5.69 Å². The summed E-state index contributed by atoms with van der Waals surface area (Å²) in [5, 5.41) is 7.01. The fraction of sp³-hybridized carbons (Fsp3) is 0.480. The molecule has 0 spiro atoms. The lowest BCUT2D eigenvalue weighted by atomic mass is 10.1. The van der Waals surface area contributed by atoms with E-state index in [1.807, 2.05) is 6.07 Å². The largest absolute Gasteiger partial charge is 0.497 e. The second-order valence-electron chi connectivity index (χ2n) is 8.20. The average molecular weight is 439 g/mol. The van der Waals surface area contributed by atoms with Crippen molar-refractivity contribution in [2.75, 3.05) is 51.9 Å². The first-order valence-electron chi connectivity index (χ1n) is 11.5. The molecule has 1 saturated heterocycles.